The maximum Gasteiger partial charge on any atom is 0.315 e. The Hall–Kier alpha value is -0.770. The zero-order valence-corrected chi connectivity index (χ0v) is 11.8. The number of rotatable bonds is 5. The van der Waals surface area contributed by atoms with Crippen LogP contribution in [0.3, 0.4) is 0 Å². The lowest BCUT2D eigenvalue weighted by molar-refractivity contribution is 0.0348. The van der Waals surface area contributed by atoms with E-state index in [1.165, 1.54) is 25.7 Å². The molecule has 18 heavy (non-hydrogen) atoms. The molecular formula is C14H28N2O2. The van der Waals surface area contributed by atoms with Gasteiger partial charge in [-0.15, -0.1) is 0 Å². The third-order valence-electron chi connectivity index (χ3n) is 4.08. The highest BCUT2D eigenvalue weighted by Crippen LogP contribution is 2.17. The summed E-state index contributed by atoms with van der Waals surface area (Å²) in [4.78, 5) is 11.8. The molecule has 1 saturated carbocycles. The summed E-state index contributed by atoms with van der Waals surface area (Å²) in [6, 6.07) is 0.172. The highest BCUT2D eigenvalue weighted by atomic mass is 16.3. The van der Waals surface area contributed by atoms with Crippen molar-refractivity contribution in [1.82, 2.24) is 10.6 Å². The Kier molecular flexibility index (Phi) is 6.47. The molecule has 0 radical (unpaired) electrons. The molecule has 0 heterocycles. The Balaban J connectivity index is 2.28. The predicted molar refractivity (Wildman–Crippen MR) is 73.6 cm³/mol. The first-order valence-corrected chi connectivity index (χ1v) is 7.36. The molecule has 1 aliphatic carbocycles. The normalized spacial score (nSPS) is 18.2. The minimum atomic E-state index is -0.763. The maximum atomic E-state index is 11.8. The van der Waals surface area contributed by atoms with Crippen molar-refractivity contribution in [3.8, 4) is 0 Å². The van der Waals surface area contributed by atoms with E-state index in [9.17, 15) is 9.90 Å². The Morgan fingerprint density at radius 2 is 1.72 bits per heavy atom. The lowest BCUT2D eigenvalue weighted by Gasteiger charge is -2.26. The number of amides is 2. The predicted octanol–water partition coefficient (Wildman–Crippen LogP) is 2.56. The largest absolute Gasteiger partial charge is 0.388 e. The number of hydrogen-bond acceptors (Lipinski definition) is 2. The van der Waals surface area contributed by atoms with Gasteiger partial charge in [-0.3, -0.25) is 0 Å². The van der Waals surface area contributed by atoms with Gasteiger partial charge in [0.15, 0.2) is 0 Å². The van der Waals surface area contributed by atoms with E-state index in [4.69, 9.17) is 0 Å². The van der Waals surface area contributed by atoms with Crippen LogP contribution in [-0.2, 0) is 0 Å². The van der Waals surface area contributed by atoms with Gasteiger partial charge in [-0.2, -0.15) is 0 Å². The van der Waals surface area contributed by atoms with Crippen LogP contribution in [0.2, 0.25) is 0 Å². The lowest BCUT2D eigenvalue weighted by Crippen LogP contribution is -2.48. The Bertz CT molecular complexity index is 244. The van der Waals surface area contributed by atoms with Crippen molar-refractivity contribution in [2.45, 2.75) is 76.9 Å². The van der Waals surface area contributed by atoms with E-state index < -0.39 is 5.60 Å². The standard InChI is InChI=1S/C14H28N2O2/c1-3-14(18,4-2)11-15-13(17)16-12-9-7-5-6-8-10-12/h12,18H,3-11H2,1-2H3,(H2,15,16,17). The van der Waals surface area contributed by atoms with Crippen molar-refractivity contribution < 1.29 is 9.90 Å². The minimum Gasteiger partial charge on any atom is -0.388 e. The van der Waals surface area contributed by atoms with Crippen molar-refractivity contribution in [3.05, 3.63) is 0 Å². The summed E-state index contributed by atoms with van der Waals surface area (Å²) in [5.74, 6) is 0. The quantitative estimate of drug-likeness (QED) is 0.662. The second-order valence-electron chi connectivity index (χ2n) is 5.45. The third kappa shape index (κ3) is 5.25. The van der Waals surface area contributed by atoms with E-state index in [0.717, 1.165) is 12.8 Å². The van der Waals surface area contributed by atoms with Gasteiger partial charge < -0.3 is 15.7 Å². The maximum absolute atomic E-state index is 11.8. The molecule has 1 fully saturated rings. The molecule has 2 amide bonds. The first-order valence-electron chi connectivity index (χ1n) is 7.36. The summed E-state index contributed by atoms with van der Waals surface area (Å²) < 4.78 is 0. The third-order valence-corrected chi connectivity index (χ3v) is 4.08. The molecule has 106 valence electrons. The van der Waals surface area contributed by atoms with Gasteiger partial charge in [0.2, 0.25) is 0 Å². The van der Waals surface area contributed by atoms with Crippen LogP contribution in [0.5, 0.6) is 0 Å². The molecule has 0 aromatic carbocycles. The van der Waals surface area contributed by atoms with E-state index in [-0.39, 0.29) is 6.03 Å². The van der Waals surface area contributed by atoms with Gasteiger partial charge in [-0.25, -0.2) is 4.79 Å². The molecule has 0 spiro atoms. The molecule has 0 aromatic heterocycles. The molecule has 4 heteroatoms. The van der Waals surface area contributed by atoms with Crippen LogP contribution in [0.25, 0.3) is 0 Å². The first-order chi connectivity index (χ1) is 8.59. The van der Waals surface area contributed by atoms with Gasteiger partial charge in [0.1, 0.15) is 0 Å². The van der Waals surface area contributed by atoms with E-state index in [0.29, 0.717) is 25.4 Å². The highest BCUT2D eigenvalue weighted by Gasteiger charge is 2.23. The van der Waals surface area contributed by atoms with Gasteiger partial charge in [-0.1, -0.05) is 39.5 Å². The molecule has 0 aliphatic heterocycles. The molecule has 3 N–H and O–H groups in total. The topological polar surface area (TPSA) is 61.4 Å². The van der Waals surface area contributed by atoms with Crippen molar-refractivity contribution in [2.24, 2.45) is 0 Å². The summed E-state index contributed by atoms with van der Waals surface area (Å²) in [6.45, 7) is 4.21. The first kappa shape index (κ1) is 15.3. The SMILES string of the molecule is CCC(O)(CC)CNC(=O)NC1CCCCCC1. The zero-order chi connectivity index (χ0) is 13.4. The minimum absolute atomic E-state index is 0.137. The molecular weight excluding hydrogens is 228 g/mol. The summed E-state index contributed by atoms with van der Waals surface area (Å²) in [6.07, 6.45) is 8.47. The fourth-order valence-corrected chi connectivity index (χ4v) is 2.40. The Labute approximate surface area is 111 Å². The average Bonchev–Trinajstić information content (AvgIpc) is 2.64. The number of carbonyl (C=O) groups excluding carboxylic acids is 1. The van der Waals surface area contributed by atoms with E-state index >= 15 is 0 Å². The Morgan fingerprint density at radius 1 is 1.17 bits per heavy atom. The van der Waals surface area contributed by atoms with Crippen LogP contribution in [0, 0.1) is 0 Å². The van der Waals surface area contributed by atoms with Gasteiger partial charge in [0, 0.05) is 12.6 Å². The van der Waals surface area contributed by atoms with Crippen molar-refractivity contribution in [3.63, 3.8) is 0 Å². The van der Waals surface area contributed by atoms with E-state index in [1.807, 2.05) is 13.8 Å². The van der Waals surface area contributed by atoms with Gasteiger partial charge in [0.25, 0.3) is 0 Å². The summed E-state index contributed by atoms with van der Waals surface area (Å²) in [7, 11) is 0. The number of carbonyl (C=O) groups is 1. The van der Waals surface area contributed by atoms with Crippen molar-refractivity contribution in [2.75, 3.05) is 6.54 Å². The molecule has 0 aromatic rings. The van der Waals surface area contributed by atoms with Crippen LogP contribution < -0.4 is 10.6 Å². The van der Waals surface area contributed by atoms with E-state index in [2.05, 4.69) is 10.6 Å². The molecule has 0 bridgehead atoms. The second-order valence-corrected chi connectivity index (χ2v) is 5.45. The summed E-state index contributed by atoms with van der Waals surface area (Å²) >= 11 is 0. The second kappa shape index (κ2) is 7.62. The number of aliphatic hydroxyl groups is 1. The summed E-state index contributed by atoms with van der Waals surface area (Å²) in [5.41, 5.74) is -0.763. The van der Waals surface area contributed by atoms with Crippen LogP contribution in [0.15, 0.2) is 0 Å². The van der Waals surface area contributed by atoms with Crippen LogP contribution >= 0.6 is 0 Å². The molecule has 0 unspecified atom stereocenters. The van der Waals surface area contributed by atoms with E-state index in [1.54, 1.807) is 0 Å². The molecule has 1 aliphatic rings. The molecule has 0 saturated heterocycles. The van der Waals surface area contributed by atoms with Crippen LogP contribution in [0.4, 0.5) is 4.79 Å². The molecule has 1 rings (SSSR count). The number of hydrogen-bond donors (Lipinski definition) is 3. The summed E-state index contributed by atoms with van der Waals surface area (Å²) in [5, 5.41) is 15.9. The van der Waals surface area contributed by atoms with Crippen LogP contribution in [-0.4, -0.2) is 29.3 Å². The fraction of sp³-hybridized carbons (Fsp3) is 0.929. The number of urea groups is 1. The lowest BCUT2D eigenvalue weighted by atomic mass is 9.98. The van der Waals surface area contributed by atoms with Crippen LogP contribution in [0.1, 0.15) is 65.2 Å². The fourth-order valence-electron chi connectivity index (χ4n) is 2.40. The van der Waals surface area contributed by atoms with Gasteiger partial charge in [0.05, 0.1) is 5.60 Å². The van der Waals surface area contributed by atoms with Gasteiger partial charge >= 0.3 is 6.03 Å². The highest BCUT2D eigenvalue weighted by molar-refractivity contribution is 5.74. The van der Waals surface area contributed by atoms with Gasteiger partial charge in [-0.05, 0) is 25.7 Å². The smallest absolute Gasteiger partial charge is 0.315 e. The molecule has 4 nitrogen and oxygen atoms in total. The molecule has 0 atom stereocenters. The average molecular weight is 256 g/mol. The monoisotopic (exact) mass is 256 g/mol. The van der Waals surface area contributed by atoms with Crippen molar-refractivity contribution in [1.29, 1.82) is 0 Å². The number of nitrogens with one attached hydrogen (secondary N) is 2. The van der Waals surface area contributed by atoms with Crippen molar-refractivity contribution >= 4 is 6.03 Å². The Morgan fingerprint density at radius 3 is 2.22 bits per heavy atom. The zero-order valence-electron chi connectivity index (χ0n) is 11.8.